The van der Waals surface area contributed by atoms with Crippen molar-refractivity contribution in [2.45, 2.75) is 25.9 Å². The average Bonchev–Trinajstić information content (AvgIpc) is 3.37. The molecule has 35 heavy (non-hydrogen) atoms. The first kappa shape index (κ1) is 23.9. The molecule has 8 heteroatoms. The van der Waals surface area contributed by atoms with Crippen LogP contribution in [0.4, 0.5) is 10.5 Å². The summed E-state index contributed by atoms with van der Waals surface area (Å²) in [5.41, 5.74) is 3.01. The number of para-hydroxylation sites is 1. The second kappa shape index (κ2) is 10.8. The minimum absolute atomic E-state index is 0.0394. The van der Waals surface area contributed by atoms with Crippen LogP contribution in [0.3, 0.4) is 0 Å². The van der Waals surface area contributed by atoms with Crippen molar-refractivity contribution in [2.75, 3.05) is 32.1 Å². The van der Waals surface area contributed by atoms with Crippen LogP contribution in [-0.2, 0) is 11.3 Å². The summed E-state index contributed by atoms with van der Waals surface area (Å²) in [5.74, 6) is 0.589. The third-order valence-corrected chi connectivity index (χ3v) is 6.16. The van der Waals surface area contributed by atoms with Gasteiger partial charge in [0.2, 0.25) is 5.91 Å². The Hall–Kier alpha value is -4.25. The number of benzene rings is 2. The summed E-state index contributed by atoms with van der Waals surface area (Å²) in [5, 5.41) is 11.8. The van der Waals surface area contributed by atoms with Crippen molar-refractivity contribution < 1.29 is 14.3 Å². The van der Waals surface area contributed by atoms with Gasteiger partial charge in [0.1, 0.15) is 18.3 Å². The minimum atomic E-state index is -0.348. The molecule has 2 heterocycles. The Morgan fingerprint density at radius 3 is 2.60 bits per heavy atom. The Labute approximate surface area is 205 Å². The largest absolute Gasteiger partial charge is 0.496 e. The van der Waals surface area contributed by atoms with E-state index in [-0.39, 0.29) is 24.5 Å². The number of hydrogen-bond acceptors (Lipinski definition) is 4. The summed E-state index contributed by atoms with van der Waals surface area (Å²) < 4.78 is 7.77. The number of rotatable bonds is 7. The maximum absolute atomic E-state index is 13.7. The van der Waals surface area contributed by atoms with Crippen LogP contribution in [-0.4, -0.2) is 53.0 Å². The van der Waals surface area contributed by atoms with Gasteiger partial charge in [0.15, 0.2) is 0 Å². The number of nitrogens with zero attached hydrogens (tertiary/aromatic N) is 4. The van der Waals surface area contributed by atoms with Crippen LogP contribution in [0.2, 0.25) is 0 Å². The van der Waals surface area contributed by atoms with Crippen molar-refractivity contribution in [3.05, 3.63) is 83.7 Å². The van der Waals surface area contributed by atoms with E-state index in [1.807, 2.05) is 54.4 Å². The van der Waals surface area contributed by atoms with Gasteiger partial charge in [-0.3, -0.25) is 4.79 Å². The number of nitrogens with one attached hydrogen (secondary N) is 1. The average molecular weight is 472 g/mol. The fraction of sp³-hybridized carbons (Fsp3) is 0.296. The van der Waals surface area contributed by atoms with Gasteiger partial charge in [0, 0.05) is 42.8 Å². The van der Waals surface area contributed by atoms with Gasteiger partial charge in [-0.2, -0.15) is 5.26 Å². The number of ether oxygens (including phenoxy) is 1. The molecule has 3 aromatic rings. The summed E-state index contributed by atoms with van der Waals surface area (Å²) in [4.78, 5) is 30.1. The van der Waals surface area contributed by atoms with Gasteiger partial charge in [-0.25, -0.2) is 4.79 Å². The standard InChI is InChI=1S/C27H29N5O3/c1-3-14-31(27(34)29-21-12-10-20(18-28)11-13-21)19-25(33)32-17-16-30-15-6-8-23(30)26(32)22-7-4-5-9-24(22)35-2/h4-13,15,26H,3,14,16-17,19H2,1-2H3,(H,29,34). The lowest BCUT2D eigenvalue weighted by Crippen LogP contribution is -2.49. The van der Waals surface area contributed by atoms with Crippen LogP contribution >= 0.6 is 0 Å². The predicted octanol–water partition coefficient (Wildman–Crippen LogP) is 4.24. The zero-order valence-corrected chi connectivity index (χ0v) is 20.0. The van der Waals surface area contributed by atoms with Crippen LogP contribution < -0.4 is 10.1 Å². The molecule has 180 valence electrons. The molecular weight excluding hydrogens is 442 g/mol. The molecule has 0 radical (unpaired) electrons. The maximum Gasteiger partial charge on any atom is 0.322 e. The summed E-state index contributed by atoms with van der Waals surface area (Å²) >= 11 is 0. The lowest BCUT2D eigenvalue weighted by Gasteiger charge is -2.38. The Bertz CT molecular complexity index is 1230. The second-order valence-electron chi connectivity index (χ2n) is 8.40. The van der Waals surface area contributed by atoms with Crippen LogP contribution in [0.25, 0.3) is 0 Å². The summed E-state index contributed by atoms with van der Waals surface area (Å²) in [6, 6.07) is 19.8. The third-order valence-electron chi connectivity index (χ3n) is 6.16. The minimum Gasteiger partial charge on any atom is -0.496 e. The molecule has 0 aliphatic carbocycles. The summed E-state index contributed by atoms with van der Waals surface area (Å²) in [7, 11) is 1.63. The normalized spacial score (nSPS) is 14.5. The van der Waals surface area contributed by atoms with Crippen molar-refractivity contribution in [3.8, 4) is 11.8 Å². The van der Waals surface area contributed by atoms with Gasteiger partial charge in [0.05, 0.1) is 18.7 Å². The van der Waals surface area contributed by atoms with E-state index >= 15 is 0 Å². The van der Waals surface area contributed by atoms with E-state index < -0.39 is 0 Å². The van der Waals surface area contributed by atoms with Crippen molar-refractivity contribution in [3.63, 3.8) is 0 Å². The lowest BCUT2D eigenvalue weighted by atomic mass is 9.98. The molecule has 3 amide bonds. The number of hydrogen-bond donors (Lipinski definition) is 1. The monoisotopic (exact) mass is 471 g/mol. The molecule has 4 rings (SSSR count). The number of urea groups is 1. The lowest BCUT2D eigenvalue weighted by molar-refractivity contribution is -0.134. The number of carbonyl (C=O) groups excluding carboxylic acids is 2. The van der Waals surface area contributed by atoms with Crippen LogP contribution in [0.15, 0.2) is 66.9 Å². The zero-order valence-electron chi connectivity index (χ0n) is 20.0. The molecule has 1 aliphatic heterocycles. The predicted molar refractivity (Wildman–Crippen MR) is 133 cm³/mol. The number of anilines is 1. The highest BCUT2D eigenvalue weighted by molar-refractivity contribution is 5.92. The highest BCUT2D eigenvalue weighted by Crippen LogP contribution is 2.37. The highest BCUT2D eigenvalue weighted by atomic mass is 16.5. The fourth-order valence-corrected chi connectivity index (χ4v) is 4.48. The molecule has 0 fully saturated rings. The first-order chi connectivity index (χ1) is 17.0. The first-order valence-corrected chi connectivity index (χ1v) is 11.7. The molecule has 1 unspecified atom stereocenters. The van der Waals surface area contributed by atoms with Crippen LogP contribution in [0, 0.1) is 11.3 Å². The van der Waals surface area contributed by atoms with E-state index in [1.165, 1.54) is 4.90 Å². The van der Waals surface area contributed by atoms with Gasteiger partial charge >= 0.3 is 6.03 Å². The van der Waals surface area contributed by atoms with Crippen molar-refractivity contribution in [1.29, 1.82) is 5.26 Å². The smallest absolute Gasteiger partial charge is 0.322 e. The van der Waals surface area contributed by atoms with Gasteiger partial charge < -0.3 is 24.4 Å². The maximum atomic E-state index is 13.7. The quantitative estimate of drug-likeness (QED) is 0.558. The molecule has 1 atom stereocenters. The van der Waals surface area contributed by atoms with Gasteiger partial charge in [-0.15, -0.1) is 0 Å². The van der Waals surface area contributed by atoms with Crippen molar-refractivity contribution >= 4 is 17.6 Å². The number of carbonyl (C=O) groups is 2. The Morgan fingerprint density at radius 2 is 1.89 bits per heavy atom. The first-order valence-electron chi connectivity index (χ1n) is 11.7. The SMILES string of the molecule is CCCN(CC(=O)N1CCn2cccc2C1c1ccccc1OC)C(=O)Nc1ccc(C#N)cc1. The molecule has 0 bridgehead atoms. The molecule has 1 aliphatic rings. The number of methoxy groups -OCH3 is 1. The number of nitriles is 1. The van der Waals surface area contributed by atoms with E-state index in [9.17, 15) is 9.59 Å². The Kier molecular flexibility index (Phi) is 7.36. The molecule has 0 saturated carbocycles. The molecule has 1 aromatic heterocycles. The number of amides is 3. The van der Waals surface area contributed by atoms with E-state index in [1.54, 1.807) is 31.4 Å². The van der Waals surface area contributed by atoms with Gasteiger partial charge in [-0.1, -0.05) is 25.1 Å². The van der Waals surface area contributed by atoms with E-state index in [4.69, 9.17) is 10.00 Å². The zero-order chi connectivity index (χ0) is 24.8. The van der Waals surface area contributed by atoms with Crippen LogP contribution in [0.1, 0.15) is 36.2 Å². The van der Waals surface area contributed by atoms with Gasteiger partial charge in [0.25, 0.3) is 0 Å². The van der Waals surface area contributed by atoms with E-state index in [0.29, 0.717) is 43.1 Å². The Morgan fingerprint density at radius 1 is 1.11 bits per heavy atom. The number of fused-ring (bicyclic) bond motifs is 1. The van der Waals surface area contributed by atoms with E-state index in [2.05, 4.69) is 16.0 Å². The molecular formula is C27H29N5O3. The summed E-state index contributed by atoms with van der Waals surface area (Å²) in [6.07, 6.45) is 2.74. The number of aromatic nitrogens is 1. The molecule has 2 aromatic carbocycles. The topological polar surface area (TPSA) is 90.6 Å². The molecule has 0 spiro atoms. The van der Waals surface area contributed by atoms with Gasteiger partial charge in [-0.05, 0) is 48.9 Å². The highest BCUT2D eigenvalue weighted by Gasteiger charge is 2.34. The molecule has 1 N–H and O–H groups in total. The third kappa shape index (κ3) is 5.14. The fourth-order valence-electron chi connectivity index (χ4n) is 4.48. The van der Waals surface area contributed by atoms with Crippen molar-refractivity contribution in [2.24, 2.45) is 0 Å². The van der Waals surface area contributed by atoms with E-state index in [0.717, 1.165) is 11.3 Å². The molecule has 0 saturated heterocycles. The Balaban J connectivity index is 1.56. The van der Waals surface area contributed by atoms with Crippen molar-refractivity contribution in [1.82, 2.24) is 14.4 Å². The molecule has 8 nitrogen and oxygen atoms in total. The van der Waals surface area contributed by atoms with Crippen LogP contribution in [0.5, 0.6) is 5.75 Å². The second-order valence-corrected chi connectivity index (χ2v) is 8.40. The summed E-state index contributed by atoms with van der Waals surface area (Å²) in [6.45, 7) is 3.59.